The molecule has 2 N–H and O–H groups in total. The van der Waals surface area contributed by atoms with Gasteiger partial charge in [0.2, 0.25) is 5.91 Å². The quantitative estimate of drug-likeness (QED) is 0.644. The number of benzene rings is 2. The van der Waals surface area contributed by atoms with Crippen LogP contribution in [-0.2, 0) is 14.9 Å². The van der Waals surface area contributed by atoms with Crippen molar-refractivity contribution < 1.29 is 23.1 Å². The van der Waals surface area contributed by atoms with Gasteiger partial charge in [0.05, 0.1) is 0 Å². The number of halogens is 3. The van der Waals surface area contributed by atoms with Crippen LogP contribution in [0.5, 0.6) is 0 Å². The van der Waals surface area contributed by atoms with E-state index in [-0.39, 0.29) is 11.3 Å². The number of amides is 2. The molecule has 0 aromatic heterocycles. The van der Waals surface area contributed by atoms with Gasteiger partial charge in [0.25, 0.3) is 5.91 Å². The van der Waals surface area contributed by atoms with E-state index in [1.807, 2.05) is 18.2 Å². The van der Waals surface area contributed by atoms with Gasteiger partial charge in [0.1, 0.15) is 23.2 Å². The minimum absolute atomic E-state index is 0.300. The Balaban J connectivity index is 1.76. The highest BCUT2D eigenvalue weighted by molar-refractivity contribution is 6.30. The first-order valence-electron chi connectivity index (χ1n) is 10.6. The second-order valence-corrected chi connectivity index (χ2v) is 8.85. The molecule has 1 heterocycles. The summed E-state index contributed by atoms with van der Waals surface area (Å²) < 4.78 is 33.5. The number of nitrogens with one attached hydrogen (secondary N) is 2. The van der Waals surface area contributed by atoms with Gasteiger partial charge in [0.15, 0.2) is 0 Å². The summed E-state index contributed by atoms with van der Waals surface area (Å²) in [6, 6.07) is 9.76. The van der Waals surface area contributed by atoms with Crippen LogP contribution in [0.3, 0.4) is 0 Å². The third-order valence-electron chi connectivity index (χ3n) is 5.91. The fourth-order valence-electron chi connectivity index (χ4n) is 3.98. The van der Waals surface area contributed by atoms with Crippen molar-refractivity contribution in [3.05, 3.63) is 70.2 Å². The average molecular weight is 465 g/mol. The van der Waals surface area contributed by atoms with Gasteiger partial charge in [-0.05, 0) is 48.6 Å². The summed E-state index contributed by atoms with van der Waals surface area (Å²) >= 11 is 6.19. The molecule has 1 aliphatic rings. The lowest BCUT2D eigenvalue weighted by Gasteiger charge is -2.38. The Labute approximate surface area is 191 Å². The van der Waals surface area contributed by atoms with Crippen LogP contribution in [0.2, 0.25) is 5.02 Å². The first kappa shape index (κ1) is 24.1. The topological polar surface area (TPSA) is 67.4 Å². The molecule has 32 heavy (non-hydrogen) atoms. The Morgan fingerprint density at radius 2 is 1.72 bits per heavy atom. The van der Waals surface area contributed by atoms with Crippen molar-refractivity contribution >= 4 is 23.4 Å². The molecule has 3 rings (SSSR count). The molecule has 1 atom stereocenters. The number of carbonyl (C=O) groups excluding carboxylic acids is 2. The highest BCUT2D eigenvalue weighted by atomic mass is 35.5. The van der Waals surface area contributed by atoms with Gasteiger partial charge in [-0.15, -0.1) is 0 Å². The summed E-state index contributed by atoms with van der Waals surface area (Å²) in [5.41, 5.74) is -0.0555. The first-order valence-corrected chi connectivity index (χ1v) is 11.0. The van der Waals surface area contributed by atoms with Crippen LogP contribution in [0.15, 0.2) is 42.5 Å². The maximum Gasteiger partial charge on any atom is 0.257 e. The number of carbonyl (C=O) groups is 2. The molecule has 1 aliphatic heterocycles. The van der Waals surface area contributed by atoms with E-state index < -0.39 is 35.1 Å². The van der Waals surface area contributed by atoms with Gasteiger partial charge in [-0.1, -0.05) is 43.6 Å². The summed E-state index contributed by atoms with van der Waals surface area (Å²) in [6.45, 7) is 4.94. The molecule has 0 bridgehead atoms. The molecule has 0 radical (unpaired) electrons. The Kier molecular flexibility index (Phi) is 7.85. The lowest BCUT2D eigenvalue weighted by molar-refractivity contribution is -0.124. The van der Waals surface area contributed by atoms with E-state index in [0.29, 0.717) is 37.6 Å². The molecule has 2 aromatic carbocycles. The predicted molar refractivity (Wildman–Crippen MR) is 119 cm³/mol. The third-order valence-corrected chi connectivity index (χ3v) is 6.15. The van der Waals surface area contributed by atoms with E-state index in [9.17, 15) is 18.4 Å². The first-order chi connectivity index (χ1) is 15.2. The summed E-state index contributed by atoms with van der Waals surface area (Å²) in [7, 11) is 0. The molecule has 5 nitrogen and oxygen atoms in total. The molecule has 0 saturated carbocycles. The fraction of sp³-hybridized carbons (Fsp3) is 0.417. The number of ether oxygens (including phenoxy) is 1. The highest BCUT2D eigenvalue weighted by Crippen LogP contribution is 2.35. The molecule has 8 heteroatoms. The molecule has 2 aromatic rings. The minimum Gasteiger partial charge on any atom is -0.381 e. The van der Waals surface area contributed by atoms with Gasteiger partial charge in [-0.3, -0.25) is 9.59 Å². The molecule has 0 aliphatic carbocycles. The van der Waals surface area contributed by atoms with Crippen molar-refractivity contribution in [1.82, 2.24) is 10.6 Å². The van der Waals surface area contributed by atoms with E-state index in [4.69, 9.17) is 16.3 Å². The maximum absolute atomic E-state index is 14.0. The van der Waals surface area contributed by atoms with Crippen molar-refractivity contribution in [2.75, 3.05) is 19.8 Å². The third kappa shape index (κ3) is 5.45. The Bertz CT molecular complexity index is 957. The normalized spacial score (nSPS) is 16.4. The van der Waals surface area contributed by atoms with Crippen molar-refractivity contribution in [3.63, 3.8) is 0 Å². The second-order valence-electron chi connectivity index (χ2n) is 8.41. The zero-order valence-corrected chi connectivity index (χ0v) is 18.8. The van der Waals surface area contributed by atoms with Crippen molar-refractivity contribution in [3.8, 4) is 0 Å². The van der Waals surface area contributed by atoms with Crippen molar-refractivity contribution in [2.24, 2.45) is 5.92 Å². The van der Waals surface area contributed by atoms with E-state index in [0.717, 1.165) is 17.7 Å². The molecule has 1 saturated heterocycles. The number of hydrogen-bond donors (Lipinski definition) is 2. The molecular formula is C24H27ClF2N2O3. The maximum atomic E-state index is 14.0. The zero-order valence-electron chi connectivity index (χ0n) is 18.1. The molecule has 1 fully saturated rings. The molecule has 172 valence electrons. The lowest BCUT2D eigenvalue weighted by Crippen LogP contribution is -2.53. The van der Waals surface area contributed by atoms with E-state index in [1.165, 1.54) is 6.07 Å². The minimum atomic E-state index is -0.979. The molecule has 2 amide bonds. The standard InChI is InChI=1S/C24H27ClF2N2O3/c1-15(2)21(29-22(30)20-18(26)7-4-8-19(20)27)23(31)28-14-24(9-11-32-12-10-24)16-5-3-6-17(25)13-16/h3-8,13,15,21H,9-12,14H2,1-2H3,(H,28,31)(H,29,30)/t21-/m0/s1. The fourth-order valence-corrected chi connectivity index (χ4v) is 4.17. The van der Waals surface area contributed by atoms with Crippen LogP contribution in [0.1, 0.15) is 42.6 Å². The largest absolute Gasteiger partial charge is 0.381 e. The zero-order chi connectivity index (χ0) is 23.3. The van der Waals surface area contributed by atoms with Crippen molar-refractivity contribution in [1.29, 1.82) is 0 Å². The average Bonchev–Trinajstić information content (AvgIpc) is 2.76. The van der Waals surface area contributed by atoms with E-state index in [1.54, 1.807) is 19.9 Å². The molecule has 0 unspecified atom stereocenters. The van der Waals surface area contributed by atoms with Crippen LogP contribution in [0.4, 0.5) is 8.78 Å². The monoisotopic (exact) mass is 464 g/mol. The Morgan fingerprint density at radius 3 is 2.31 bits per heavy atom. The predicted octanol–water partition coefficient (Wildman–Crippen LogP) is 4.24. The lowest BCUT2D eigenvalue weighted by atomic mass is 9.74. The van der Waals surface area contributed by atoms with Crippen LogP contribution >= 0.6 is 11.6 Å². The summed E-state index contributed by atoms with van der Waals surface area (Å²) in [5, 5.41) is 6.04. The van der Waals surface area contributed by atoms with Crippen LogP contribution in [0, 0.1) is 17.6 Å². The van der Waals surface area contributed by atoms with E-state index >= 15 is 0 Å². The van der Waals surface area contributed by atoms with Crippen molar-refractivity contribution in [2.45, 2.75) is 38.1 Å². The van der Waals surface area contributed by atoms with Gasteiger partial charge in [-0.2, -0.15) is 0 Å². The molecule has 0 spiro atoms. The smallest absolute Gasteiger partial charge is 0.257 e. The van der Waals surface area contributed by atoms with E-state index in [2.05, 4.69) is 10.6 Å². The van der Waals surface area contributed by atoms with Gasteiger partial charge < -0.3 is 15.4 Å². The van der Waals surface area contributed by atoms with Crippen LogP contribution < -0.4 is 10.6 Å². The Morgan fingerprint density at radius 1 is 1.09 bits per heavy atom. The van der Waals surface area contributed by atoms with Gasteiger partial charge in [0, 0.05) is 30.2 Å². The van der Waals surface area contributed by atoms with Crippen LogP contribution in [-0.4, -0.2) is 37.6 Å². The SMILES string of the molecule is CC(C)[C@H](NC(=O)c1c(F)cccc1F)C(=O)NCC1(c2cccc(Cl)c2)CCOCC1. The number of hydrogen-bond acceptors (Lipinski definition) is 3. The van der Waals surface area contributed by atoms with Crippen LogP contribution in [0.25, 0.3) is 0 Å². The summed E-state index contributed by atoms with van der Waals surface area (Å²) in [4.78, 5) is 25.6. The second kappa shape index (κ2) is 10.4. The molecular weight excluding hydrogens is 438 g/mol. The van der Waals surface area contributed by atoms with Gasteiger partial charge in [-0.25, -0.2) is 8.78 Å². The van der Waals surface area contributed by atoms with Gasteiger partial charge >= 0.3 is 0 Å². The summed E-state index contributed by atoms with van der Waals surface area (Å²) in [5.74, 6) is -3.64. The Hall–Kier alpha value is -2.51. The number of rotatable bonds is 7. The highest BCUT2D eigenvalue weighted by Gasteiger charge is 2.36. The summed E-state index contributed by atoms with van der Waals surface area (Å²) in [6.07, 6.45) is 1.40.